The van der Waals surface area contributed by atoms with Crippen molar-refractivity contribution in [2.24, 2.45) is 0 Å². The first-order valence-corrected chi connectivity index (χ1v) is 8.45. The van der Waals surface area contributed by atoms with E-state index in [1.807, 2.05) is 0 Å². The number of aliphatic hydroxyl groups is 1. The van der Waals surface area contributed by atoms with Crippen molar-refractivity contribution in [1.29, 1.82) is 0 Å². The molecule has 1 fully saturated rings. The highest BCUT2D eigenvalue weighted by molar-refractivity contribution is 7.91. The molecule has 122 valence electrons. The quantitative estimate of drug-likeness (QED) is 0.630. The van der Waals surface area contributed by atoms with E-state index >= 15 is 0 Å². The second-order valence-electron chi connectivity index (χ2n) is 5.26. The largest absolute Gasteiger partial charge is 0.493 e. The highest BCUT2D eigenvalue weighted by atomic mass is 32.2. The van der Waals surface area contributed by atoms with Crippen molar-refractivity contribution in [1.82, 2.24) is 0 Å². The molecule has 0 aromatic heterocycles. The van der Waals surface area contributed by atoms with Crippen LogP contribution in [0.1, 0.15) is 12.8 Å². The van der Waals surface area contributed by atoms with Gasteiger partial charge in [-0.25, -0.2) is 8.42 Å². The lowest BCUT2D eigenvalue weighted by molar-refractivity contribution is -0.385. The summed E-state index contributed by atoms with van der Waals surface area (Å²) in [5, 5.41) is 21.0. The molecular weight excluding hydrogens is 314 g/mol. The van der Waals surface area contributed by atoms with Crippen LogP contribution in [0.4, 0.5) is 5.69 Å². The van der Waals surface area contributed by atoms with Gasteiger partial charge in [-0.3, -0.25) is 10.1 Å². The Morgan fingerprint density at radius 2 is 1.95 bits per heavy atom. The summed E-state index contributed by atoms with van der Waals surface area (Å²) in [7, 11) is -1.72. The van der Waals surface area contributed by atoms with E-state index < -0.39 is 20.4 Å². The summed E-state index contributed by atoms with van der Waals surface area (Å²) in [6, 6.07) is 3.89. The van der Waals surface area contributed by atoms with Crippen LogP contribution in [0.2, 0.25) is 0 Å². The van der Waals surface area contributed by atoms with Gasteiger partial charge in [0.15, 0.2) is 21.3 Å². The number of rotatable bonds is 5. The van der Waals surface area contributed by atoms with Gasteiger partial charge < -0.3 is 14.6 Å². The van der Waals surface area contributed by atoms with Crippen molar-refractivity contribution in [3.63, 3.8) is 0 Å². The third-order valence-corrected chi connectivity index (χ3v) is 5.26. The van der Waals surface area contributed by atoms with Crippen molar-refractivity contribution in [3.8, 4) is 11.5 Å². The van der Waals surface area contributed by atoms with E-state index in [1.165, 1.54) is 25.3 Å². The highest BCUT2D eigenvalue weighted by Gasteiger charge is 2.36. The summed E-state index contributed by atoms with van der Waals surface area (Å²) in [6.07, 6.45) is 0.204. The molecule has 1 aliphatic rings. The Bertz CT molecular complexity index is 657. The fourth-order valence-corrected chi connectivity index (χ4v) is 3.75. The van der Waals surface area contributed by atoms with Crippen LogP contribution in [0.3, 0.4) is 0 Å². The zero-order chi connectivity index (χ0) is 16.4. The second kappa shape index (κ2) is 6.09. The molecule has 8 nitrogen and oxygen atoms in total. The summed E-state index contributed by atoms with van der Waals surface area (Å²) in [5.41, 5.74) is -1.36. The summed E-state index contributed by atoms with van der Waals surface area (Å²) in [4.78, 5) is 10.2. The van der Waals surface area contributed by atoms with E-state index in [2.05, 4.69) is 0 Å². The van der Waals surface area contributed by atoms with Crippen LogP contribution in [0.25, 0.3) is 0 Å². The number of methoxy groups -OCH3 is 1. The Balaban J connectivity index is 2.07. The average molecular weight is 331 g/mol. The Labute approximate surface area is 127 Å². The molecule has 0 bridgehead atoms. The predicted molar refractivity (Wildman–Crippen MR) is 78.0 cm³/mol. The molecule has 1 heterocycles. The second-order valence-corrected chi connectivity index (χ2v) is 7.56. The lowest BCUT2D eigenvalue weighted by atomic mass is 9.98. The smallest absolute Gasteiger partial charge is 0.273 e. The van der Waals surface area contributed by atoms with E-state index in [4.69, 9.17) is 9.47 Å². The van der Waals surface area contributed by atoms with Crippen molar-refractivity contribution >= 4 is 15.5 Å². The minimum atomic E-state index is -3.08. The third kappa shape index (κ3) is 3.86. The molecule has 1 N–H and O–H groups in total. The van der Waals surface area contributed by atoms with E-state index in [0.29, 0.717) is 0 Å². The van der Waals surface area contributed by atoms with Gasteiger partial charge in [-0.2, -0.15) is 0 Å². The van der Waals surface area contributed by atoms with Crippen molar-refractivity contribution < 1.29 is 27.9 Å². The molecule has 0 saturated carbocycles. The molecule has 1 aliphatic heterocycles. The molecule has 1 saturated heterocycles. The zero-order valence-corrected chi connectivity index (χ0v) is 12.8. The van der Waals surface area contributed by atoms with Gasteiger partial charge in [0.2, 0.25) is 0 Å². The van der Waals surface area contributed by atoms with Crippen molar-refractivity contribution in [2.45, 2.75) is 18.4 Å². The van der Waals surface area contributed by atoms with Gasteiger partial charge in [-0.15, -0.1) is 0 Å². The van der Waals surface area contributed by atoms with Crippen LogP contribution in [0, 0.1) is 10.1 Å². The first-order chi connectivity index (χ1) is 10.2. The number of hydrogen-bond donors (Lipinski definition) is 1. The number of nitro benzene ring substituents is 1. The number of non-ortho nitro benzene ring substituents is 1. The topological polar surface area (TPSA) is 116 Å². The Hall–Kier alpha value is -1.87. The molecule has 0 aliphatic carbocycles. The van der Waals surface area contributed by atoms with Crippen LogP contribution in [0.5, 0.6) is 11.5 Å². The molecule has 22 heavy (non-hydrogen) atoms. The zero-order valence-electron chi connectivity index (χ0n) is 12.0. The molecule has 0 radical (unpaired) electrons. The van der Waals surface area contributed by atoms with Crippen LogP contribution in [-0.4, -0.2) is 49.3 Å². The summed E-state index contributed by atoms with van der Waals surface area (Å²) < 4.78 is 33.3. The predicted octanol–water partition coefficient (Wildman–Crippen LogP) is 0.922. The molecular formula is C13H17NO7S. The number of sulfone groups is 1. The van der Waals surface area contributed by atoms with Crippen molar-refractivity contribution in [3.05, 3.63) is 28.3 Å². The van der Waals surface area contributed by atoms with Gasteiger partial charge in [-0.1, -0.05) is 0 Å². The molecule has 0 spiro atoms. The lowest BCUT2D eigenvalue weighted by Crippen LogP contribution is -2.43. The lowest BCUT2D eigenvalue weighted by Gasteiger charge is -2.31. The molecule has 0 amide bonds. The minimum absolute atomic E-state index is 0.0791. The number of nitro groups is 1. The van der Waals surface area contributed by atoms with E-state index in [-0.39, 0.29) is 48.1 Å². The molecule has 0 unspecified atom stereocenters. The fraction of sp³-hybridized carbons (Fsp3) is 0.538. The SMILES string of the molecule is COc1cc([N+](=O)[O-])ccc1OCC1(O)CCS(=O)(=O)CC1. The van der Waals surface area contributed by atoms with Crippen LogP contribution >= 0.6 is 0 Å². The number of ether oxygens (including phenoxy) is 2. The summed E-state index contributed by atoms with van der Waals surface area (Å²) in [6.45, 7) is -0.101. The van der Waals surface area contributed by atoms with Crippen LogP contribution in [0.15, 0.2) is 18.2 Å². The van der Waals surface area contributed by atoms with Gasteiger partial charge in [0, 0.05) is 6.07 Å². The van der Waals surface area contributed by atoms with Gasteiger partial charge in [0.25, 0.3) is 5.69 Å². The summed E-state index contributed by atoms with van der Waals surface area (Å²) >= 11 is 0. The van der Waals surface area contributed by atoms with Gasteiger partial charge >= 0.3 is 0 Å². The average Bonchev–Trinajstić information content (AvgIpc) is 2.48. The molecule has 1 aromatic carbocycles. The number of hydrogen-bond acceptors (Lipinski definition) is 7. The van der Waals surface area contributed by atoms with Crippen molar-refractivity contribution in [2.75, 3.05) is 25.2 Å². The maximum atomic E-state index is 11.4. The highest BCUT2D eigenvalue weighted by Crippen LogP contribution is 2.33. The maximum Gasteiger partial charge on any atom is 0.273 e. The van der Waals surface area contributed by atoms with Gasteiger partial charge in [-0.05, 0) is 18.9 Å². The molecule has 1 aromatic rings. The minimum Gasteiger partial charge on any atom is -0.493 e. The third-order valence-electron chi connectivity index (χ3n) is 3.61. The molecule has 9 heteroatoms. The number of nitrogens with zero attached hydrogens (tertiary/aromatic N) is 1. The van der Waals surface area contributed by atoms with E-state index in [9.17, 15) is 23.6 Å². The number of benzene rings is 1. The maximum absolute atomic E-state index is 11.4. The van der Waals surface area contributed by atoms with Gasteiger partial charge in [0.05, 0.1) is 29.6 Å². The first-order valence-electron chi connectivity index (χ1n) is 6.63. The Morgan fingerprint density at radius 3 is 2.50 bits per heavy atom. The van der Waals surface area contributed by atoms with Gasteiger partial charge in [0.1, 0.15) is 12.2 Å². The van der Waals surface area contributed by atoms with E-state index in [0.717, 1.165) is 0 Å². The summed E-state index contributed by atoms with van der Waals surface area (Å²) in [5.74, 6) is 0.283. The molecule has 2 rings (SSSR count). The monoisotopic (exact) mass is 331 g/mol. The first kappa shape index (κ1) is 16.5. The van der Waals surface area contributed by atoms with Crippen LogP contribution in [-0.2, 0) is 9.84 Å². The Morgan fingerprint density at radius 1 is 1.32 bits per heavy atom. The van der Waals surface area contributed by atoms with Crippen LogP contribution < -0.4 is 9.47 Å². The normalized spacial score (nSPS) is 19.4. The Kier molecular flexibility index (Phi) is 4.57. The molecule has 0 atom stereocenters. The standard InChI is InChI=1S/C13H17NO7S/c1-20-12-8-10(14(16)17)2-3-11(12)21-9-13(15)4-6-22(18,19)7-5-13/h2-3,8,15H,4-7,9H2,1H3. The fourth-order valence-electron chi connectivity index (χ4n) is 2.16. The van der Waals surface area contributed by atoms with E-state index in [1.54, 1.807) is 0 Å².